The van der Waals surface area contributed by atoms with Crippen LogP contribution < -0.4 is 16.1 Å². The highest BCUT2D eigenvalue weighted by molar-refractivity contribution is 6.45. The Balaban J connectivity index is 2.33. The third kappa shape index (κ3) is 3.91. The normalized spacial score (nSPS) is 15.4. The van der Waals surface area contributed by atoms with Gasteiger partial charge in [0.05, 0.1) is 11.3 Å². The first-order valence-corrected chi connectivity index (χ1v) is 6.87. The molecule has 1 aromatic carbocycles. The van der Waals surface area contributed by atoms with Gasteiger partial charge in [0.25, 0.3) is 0 Å². The van der Waals surface area contributed by atoms with E-state index in [0.717, 1.165) is 18.9 Å². The molecular formula is C14H15F3N6. The molecule has 9 heteroatoms. The van der Waals surface area contributed by atoms with Crippen LogP contribution in [-0.4, -0.2) is 24.6 Å². The van der Waals surface area contributed by atoms with Gasteiger partial charge < -0.3 is 10.6 Å². The van der Waals surface area contributed by atoms with Crippen molar-refractivity contribution in [1.82, 2.24) is 0 Å². The van der Waals surface area contributed by atoms with Crippen LogP contribution in [0.25, 0.3) is 0 Å². The third-order valence-electron chi connectivity index (χ3n) is 3.41. The van der Waals surface area contributed by atoms with Crippen molar-refractivity contribution in [3.05, 3.63) is 23.8 Å². The first-order chi connectivity index (χ1) is 10.8. The first kappa shape index (κ1) is 16.6. The molecule has 1 aromatic rings. The molecule has 0 spiro atoms. The van der Waals surface area contributed by atoms with E-state index >= 15 is 0 Å². The summed E-state index contributed by atoms with van der Waals surface area (Å²) < 4.78 is 39.8. The minimum absolute atomic E-state index is 0.0641. The number of nitrogens with zero attached hydrogens (tertiary/aromatic N) is 3. The van der Waals surface area contributed by atoms with Crippen LogP contribution in [0, 0.1) is 16.7 Å². The zero-order valence-electron chi connectivity index (χ0n) is 12.1. The largest absolute Gasteiger partial charge is 0.418 e. The molecule has 0 saturated carbocycles. The van der Waals surface area contributed by atoms with Gasteiger partial charge in [-0.25, -0.2) is 0 Å². The van der Waals surface area contributed by atoms with Crippen molar-refractivity contribution in [3.63, 3.8) is 0 Å². The number of hydrazone groups is 1. The van der Waals surface area contributed by atoms with E-state index in [0.29, 0.717) is 13.1 Å². The summed E-state index contributed by atoms with van der Waals surface area (Å²) in [7, 11) is 0. The number of nitriles is 1. The number of nitrogens with one attached hydrogen (secondary N) is 2. The fourth-order valence-electron chi connectivity index (χ4n) is 2.33. The molecule has 0 unspecified atom stereocenters. The second-order valence-electron chi connectivity index (χ2n) is 5.02. The maximum absolute atomic E-state index is 13.3. The molecule has 0 aliphatic carbocycles. The van der Waals surface area contributed by atoms with Crippen molar-refractivity contribution in [1.29, 1.82) is 10.7 Å². The molecule has 1 aliphatic rings. The fourth-order valence-corrected chi connectivity index (χ4v) is 2.33. The first-order valence-electron chi connectivity index (χ1n) is 6.87. The van der Waals surface area contributed by atoms with E-state index in [2.05, 4.69) is 10.5 Å². The van der Waals surface area contributed by atoms with E-state index in [1.165, 1.54) is 12.1 Å². The number of anilines is 2. The average molecular weight is 324 g/mol. The maximum Gasteiger partial charge on any atom is 0.418 e. The molecule has 1 heterocycles. The second-order valence-corrected chi connectivity index (χ2v) is 5.02. The molecule has 0 bridgehead atoms. The van der Waals surface area contributed by atoms with Gasteiger partial charge in [-0.05, 0) is 31.0 Å². The molecule has 1 aliphatic heterocycles. The Bertz CT molecular complexity index is 668. The number of amidine groups is 1. The number of hydrogen-bond donors (Lipinski definition) is 3. The smallest absolute Gasteiger partial charge is 0.382 e. The van der Waals surface area contributed by atoms with Gasteiger partial charge in [-0.1, -0.05) is 0 Å². The van der Waals surface area contributed by atoms with Crippen molar-refractivity contribution < 1.29 is 13.2 Å². The van der Waals surface area contributed by atoms with Gasteiger partial charge in [0.1, 0.15) is 6.07 Å². The van der Waals surface area contributed by atoms with Crippen LogP contribution in [0.15, 0.2) is 23.3 Å². The highest BCUT2D eigenvalue weighted by Crippen LogP contribution is 2.39. The Morgan fingerprint density at radius 1 is 1.35 bits per heavy atom. The minimum atomic E-state index is -4.50. The Hall–Kier alpha value is -2.76. The Morgan fingerprint density at radius 2 is 2.00 bits per heavy atom. The minimum Gasteiger partial charge on any atom is -0.382 e. The molecular weight excluding hydrogens is 309 g/mol. The summed E-state index contributed by atoms with van der Waals surface area (Å²) in [6.45, 7) is 1.19. The number of rotatable bonds is 4. The van der Waals surface area contributed by atoms with Crippen LogP contribution >= 0.6 is 0 Å². The predicted octanol–water partition coefficient (Wildman–Crippen LogP) is 2.53. The van der Waals surface area contributed by atoms with Gasteiger partial charge in [0.15, 0.2) is 5.84 Å². The number of halogens is 3. The van der Waals surface area contributed by atoms with Crippen LogP contribution in [0.3, 0.4) is 0 Å². The van der Waals surface area contributed by atoms with Crippen LogP contribution in [0.4, 0.5) is 24.5 Å². The topological polar surface area (TPSA) is 101 Å². The Morgan fingerprint density at radius 3 is 2.52 bits per heavy atom. The summed E-state index contributed by atoms with van der Waals surface area (Å²) in [5.74, 6) is -0.565. The van der Waals surface area contributed by atoms with E-state index in [1.807, 2.05) is 0 Å². The van der Waals surface area contributed by atoms with Crippen LogP contribution in [0.2, 0.25) is 0 Å². The molecule has 4 N–H and O–H groups in total. The van der Waals surface area contributed by atoms with Crippen LogP contribution in [0.1, 0.15) is 18.4 Å². The molecule has 0 atom stereocenters. The van der Waals surface area contributed by atoms with Crippen molar-refractivity contribution in [2.45, 2.75) is 19.0 Å². The van der Waals surface area contributed by atoms with Crippen molar-refractivity contribution in [2.75, 3.05) is 23.4 Å². The molecule has 1 saturated heterocycles. The zero-order valence-corrected chi connectivity index (χ0v) is 12.1. The van der Waals surface area contributed by atoms with Gasteiger partial charge in [0.2, 0.25) is 5.71 Å². The van der Waals surface area contributed by atoms with Crippen LogP contribution in [-0.2, 0) is 6.18 Å². The van der Waals surface area contributed by atoms with E-state index in [1.54, 1.807) is 11.0 Å². The summed E-state index contributed by atoms with van der Waals surface area (Å²) >= 11 is 0. The molecule has 0 amide bonds. The summed E-state index contributed by atoms with van der Waals surface area (Å²) in [6.07, 6.45) is -2.77. The summed E-state index contributed by atoms with van der Waals surface area (Å²) in [6, 6.07) is 5.34. The lowest BCUT2D eigenvalue weighted by atomic mass is 10.1. The standard InChI is InChI=1S/C14H15F3N6/c15-14(16,17)10-7-9(21-22-11(8-18)13(19)20)3-4-12(10)23-5-1-2-6-23/h3-4,7,21H,1-2,5-6H2,(H3,19,20)/b22-11+. The number of nitrogens with two attached hydrogens (primary N) is 1. The number of hydrogen-bond acceptors (Lipinski definition) is 5. The third-order valence-corrected chi connectivity index (χ3v) is 3.41. The monoisotopic (exact) mass is 324 g/mol. The molecule has 2 rings (SSSR count). The fraction of sp³-hybridized carbons (Fsp3) is 0.357. The van der Waals surface area contributed by atoms with Gasteiger partial charge in [-0.3, -0.25) is 10.8 Å². The SMILES string of the molecule is N#C/C(=N\Nc1ccc(N2CCCC2)c(C(F)(F)F)c1)C(=N)N. The quantitative estimate of drug-likeness (QED) is 0.450. The maximum atomic E-state index is 13.3. The summed E-state index contributed by atoms with van der Waals surface area (Å²) in [5.41, 5.74) is 6.49. The van der Waals surface area contributed by atoms with Gasteiger partial charge in [0, 0.05) is 18.8 Å². The lowest BCUT2D eigenvalue weighted by molar-refractivity contribution is -0.137. The van der Waals surface area contributed by atoms with Crippen molar-refractivity contribution in [3.8, 4) is 6.07 Å². The summed E-state index contributed by atoms with van der Waals surface area (Å²) in [5, 5.41) is 19.4. The Kier molecular flexibility index (Phi) is 4.74. The highest BCUT2D eigenvalue weighted by atomic mass is 19.4. The van der Waals surface area contributed by atoms with E-state index in [4.69, 9.17) is 16.4 Å². The van der Waals surface area contributed by atoms with E-state index in [9.17, 15) is 13.2 Å². The molecule has 1 fully saturated rings. The predicted molar refractivity (Wildman–Crippen MR) is 81.5 cm³/mol. The number of benzene rings is 1. The Labute approximate surface area is 130 Å². The molecule has 23 heavy (non-hydrogen) atoms. The van der Waals surface area contributed by atoms with Crippen molar-refractivity contribution in [2.24, 2.45) is 10.8 Å². The molecule has 6 nitrogen and oxygen atoms in total. The average Bonchev–Trinajstić information content (AvgIpc) is 3.00. The summed E-state index contributed by atoms with van der Waals surface area (Å²) in [4.78, 5) is 1.70. The van der Waals surface area contributed by atoms with Gasteiger partial charge in [-0.15, -0.1) is 0 Å². The molecule has 0 aromatic heterocycles. The van der Waals surface area contributed by atoms with Gasteiger partial charge >= 0.3 is 6.18 Å². The second kappa shape index (κ2) is 6.56. The number of alkyl halides is 3. The lowest BCUT2D eigenvalue weighted by Gasteiger charge is -2.23. The highest BCUT2D eigenvalue weighted by Gasteiger charge is 2.35. The van der Waals surface area contributed by atoms with E-state index < -0.39 is 23.3 Å². The van der Waals surface area contributed by atoms with E-state index in [-0.39, 0.29) is 11.4 Å². The molecule has 0 radical (unpaired) electrons. The lowest BCUT2D eigenvalue weighted by Crippen LogP contribution is -2.23. The van der Waals surface area contributed by atoms with Crippen molar-refractivity contribution >= 4 is 22.9 Å². The van der Waals surface area contributed by atoms with Gasteiger partial charge in [-0.2, -0.15) is 23.5 Å². The zero-order chi connectivity index (χ0) is 17.0. The molecule has 122 valence electrons. The van der Waals surface area contributed by atoms with Crippen LogP contribution in [0.5, 0.6) is 0 Å².